The van der Waals surface area contributed by atoms with Gasteiger partial charge in [-0.3, -0.25) is 9.59 Å². The monoisotopic (exact) mass is 265 g/mol. The van der Waals surface area contributed by atoms with Gasteiger partial charge in [-0.2, -0.15) is 0 Å². The fourth-order valence-corrected chi connectivity index (χ4v) is 1.43. The first kappa shape index (κ1) is 14.6. The van der Waals surface area contributed by atoms with Crippen molar-refractivity contribution in [3.63, 3.8) is 0 Å². The van der Waals surface area contributed by atoms with Crippen molar-refractivity contribution < 1.29 is 24.9 Å². The fourth-order valence-electron chi connectivity index (χ4n) is 1.43. The molecule has 0 aliphatic heterocycles. The van der Waals surface area contributed by atoms with Crippen molar-refractivity contribution in [2.75, 3.05) is 6.54 Å². The summed E-state index contributed by atoms with van der Waals surface area (Å²) in [5.74, 6) is -2.05. The Hall–Kier alpha value is -2.50. The van der Waals surface area contributed by atoms with Crippen LogP contribution in [-0.2, 0) is 16.0 Å². The van der Waals surface area contributed by atoms with E-state index in [-0.39, 0.29) is 23.6 Å². The Bertz CT molecular complexity index is 510. The first-order valence-corrected chi connectivity index (χ1v) is 5.58. The van der Waals surface area contributed by atoms with Crippen LogP contribution in [0.25, 0.3) is 0 Å². The van der Waals surface area contributed by atoms with Crippen molar-refractivity contribution in [3.05, 3.63) is 35.9 Å². The molecule has 0 unspecified atom stereocenters. The zero-order valence-corrected chi connectivity index (χ0v) is 10.2. The number of amides is 1. The number of carboxylic acids is 1. The lowest BCUT2D eigenvalue weighted by molar-refractivity contribution is -0.137. The molecule has 0 aliphatic carbocycles. The third kappa shape index (κ3) is 4.71. The minimum absolute atomic E-state index is 0.0129. The number of carbonyl (C=O) groups is 2. The molecule has 0 radical (unpaired) electrons. The maximum atomic E-state index is 11.4. The number of nitrogens with one attached hydrogen (secondary N) is 1. The molecule has 0 bridgehead atoms. The standard InChI is InChI=1S/C13H15NO5/c1-8(6-12(17)18)13(19)14-5-4-9-2-3-10(15)11(16)7-9/h2-3,7,15-16H,1,4-6H2,(H,14,19)(H,17,18). The molecule has 102 valence electrons. The smallest absolute Gasteiger partial charge is 0.308 e. The SMILES string of the molecule is C=C(CC(=O)O)C(=O)NCCc1ccc(O)c(O)c1. The van der Waals surface area contributed by atoms with Gasteiger partial charge in [-0.25, -0.2) is 0 Å². The summed E-state index contributed by atoms with van der Waals surface area (Å²) in [6.45, 7) is 3.66. The highest BCUT2D eigenvalue weighted by atomic mass is 16.4. The lowest BCUT2D eigenvalue weighted by atomic mass is 10.1. The van der Waals surface area contributed by atoms with Crippen LogP contribution in [-0.4, -0.2) is 33.7 Å². The molecule has 6 nitrogen and oxygen atoms in total. The van der Waals surface area contributed by atoms with Gasteiger partial charge in [0.15, 0.2) is 11.5 Å². The Morgan fingerprint density at radius 1 is 1.21 bits per heavy atom. The topological polar surface area (TPSA) is 107 Å². The number of carboxylic acid groups (broad SMARTS) is 1. The molecule has 1 aromatic carbocycles. The van der Waals surface area contributed by atoms with Crippen molar-refractivity contribution in [2.45, 2.75) is 12.8 Å². The molecule has 0 heterocycles. The normalized spacial score (nSPS) is 9.89. The second kappa shape index (κ2) is 6.44. The lowest BCUT2D eigenvalue weighted by Gasteiger charge is -2.07. The van der Waals surface area contributed by atoms with Gasteiger partial charge < -0.3 is 20.6 Å². The minimum Gasteiger partial charge on any atom is -0.504 e. The van der Waals surface area contributed by atoms with Gasteiger partial charge in [0.05, 0.1) is 6.42 Å². The molecule has 0 saturated carbocycles. The summed E-state index contributed by atoms with van der Waals surface area (Å²) >= 11 is 0. The van der Waals surface area contributed by atoms with Gasteiger partial charge in [0.25, 0.3) is 0 Å². The average molecular weight is 265 g/mol. The molecule has 1 amide bonds. The minimum atomic E-state index is -1.11. The Morgan fingerprint density at radius 2 is 1.89 bits per heavy atom. The number of carbonyl (C=O) groups excluding carboxylic acids is 1. The number of aliphatic carboxylic acids is 1. The summed E-state index contributed by atoms with van der Waals surface area (Å²) in [5.41, 5.74) is 0.723. The summed E-state index contributed by atoms with van der Waals surface area (Å²) in [4.78, 5) is 21.8. The summed E-state index contributed by atoms with van der Waals surface area (Å²) < 4.78 is 0. The highest BCUT2D eigenvalue weighted by molar-refractivity contribution is 5.96. The van der Waals surface area contributed by atoms with E-state index in [4.69, 9.17) is 10.2 Å². The number of benzene rings is 1. The van der Waals surface area contributed by atoms with Crippen LogP contribution in [0.1, 0.15) is 12.0 Å². The average Bonchev–Trinajstić information content (AvgIpc) is 2.32. The highest BCUT2D eigenvalue weighted by Gasteiger charge is 2.10. The number of phenolic OH excluding ortho intramolecular Hbond substituents is 2. The van der Waals surface area contributed by atoms with Gasteiger partial charge >= 0.3 is 5.97 Å². The maximum Gasteiger partial charge on any atom is 0.308 e. The molecule has 1 rings (SSSR count). The second-order valence-corrected chi connectivity index (χ2v) is 4.00. The molecule has 0 saturated heterocycles. The van der Waals surface area contributed by atoms with Crippen LogP contribution in [0.4, 0.5) is 0 Å². The Morgan fingerprint density at radius 3 is 2.47 bits per heavy atom. The van der Waals surface area contributed by atoms with E-state index in [0.717, 1.165) is 5.56 Å². The molecule has 0 aliphatic rings. The van der Waals surface area contributed by atoms with Gasteiger partial charge in [-0.05, 0) is 24.1 Å². The number of phenols is 2. The largest absolute Gasteiger partial charge is 0.504 e. The number of rotatable bonds is 6. The Balaban J connectivity index is 2.41. The van der Waals surface area contributed by atoms with Crippen LogP contribution < -0.4 is 5.32 Å². The number of hydrogen-bond donors (Lipinski definition) is 4. The predicted octanol–water partition coefficient (Wildman–Crippen LogP) is 0.787. The summed E-state index contributed by atoms with van der Waals surface area (Å²) in [5, 5.41) is 29.4. The van der Waals surface area contributed by atoms with Crippen molar-refractivity contribution >= 4 is 11.9 Å². The quantitative estimate of drug-likeness (QED) is 0.449. The van der Waals surface area contributed by atoms with E-state index < -0.39 is 18.3 Å². The predicted molar refractivity (Wildman–Crippen MR) is 67.9 cm³/mol. The van der Waals surface area contributed by atoms with Crippen LogP contribution >= 0.6 is 0 Å². The first-order chi connectivity index (χ1) is 8.90. The molecule has 0 fully saturated rings. The van der Waals surface area contributed by atoms with E-state index in [1.54, 1.807) is 6.07 Å². The molecule has 19 heavy (non-hydrogen) atoms. The molecule has 0 spiro atoms. The van der Waals surface area contributed by atoms with Crippen LogP contribution in [0.15, 0.2) is 30.4 Å². The molecular formula is C13H15NO5. The van der Waals surface area contributed by atoms with E-state index in [1.807, 2.05) is 0 Å². The van der Waals surface area contributed by atoms with E-state index in [0.29, 0.717) is 6.42 Å². The molecule has 4 N–H and O–H groups in total. The summed E-state index contributed by atoms with van der Waals surface area (Å²) in [7, 11) is 0. The molecule has 1 aromatic rings. The van der Waals surface area contributed by atoms with Crippen LogP contribution in [0.3, 0.4) is 0 Å². The maximum absolute atomic E-state index is 11.4. The van der Waals surface area contributed by atoms with Gasteiger partial charge in [-0.15, -0.1) is 0 Å². The van der Waals surface area contributed by atoms with Gasteiger partial charge in [0.1, 0.15) is 0 Å². The van der Waals surface area contributed by atoms with Gasteiger partial charge in [0.2, 0.25) is 5.91 Å². The van der Waals surface area contributed by atoms with E-state index in [9.17, 15) is 14.7 Å². The van der Waals surface area contributed by atoms with Crippen LogP contribution in [0, 0.1) is 0 Å². The summed E-state index contributed by atoms with van der Waals surface area (Å²) in [6.07, 6.45) is 0.0474. The fraction of sp³-hybridized carbons (Fsp3) is 0.231. The van der Waals surface area contributed by atoms with Crippen molar-refractivity contribution in [1.29, 1.82) is 0 Å². The Kier molecular flexibility index (Phi) is 4.93. The second-order valence-electron chi connectivity index (χ2n) is 4.00. The van der Waals surface area contributed by atoms with Crippen LogP contribution in [0.2, 0.25) is 0 Å². The summed E-state index contributed by atoms with van der Waals surface area (Å²) in [6, 6.07) is 4.37. The van der Waals surface area contributed by atoms with Gasteiger partial charge in [-0.1, -0.05) is 12.6 Å². The van der Waals surface area contributed by atoms with E-state index >= 15 is 0 Å². The number of hydrogen-bond acceptors (Lipinski definition) is 4. The molecule has 0 aromatic heterocycles. The highest BCUT2D eigenvalue weighted by Crippen LogP contribution is 2.24. The lowest BCUT2D eigenvalue weighted by Crippen LogP contribution is -2.27. The first-order valence-electron chi connectivity index (χ1n) is 5.58. The van der Waals surface area contributed by atoms with E-state index in [1.165, 1.54) is 12.1 Å². The molecule has 0 atom stereocenters. The third-order valence-electron chi connectivity index (χ3n) is 2.42. The zero-order valence-electron chi connectivity index (χ0n) is 10.2. The van der Waals surface area contributed by atoms with E-state index in [2.05, 4.69) is 11.9 Å². The van der Waals surface area contributed by atoms with Gasteiger partial charge in [0, 0.05) is 12.1 Å². The van der Waals surface area contributed by atoms with Crippen LogP contribution in [0.5, 0.6) is 11.5 Å². The molecule has 6 heteroatoms. The van der Waals surface area contributed by atoms with Crippen molar-refractivity contribution in [3.8, 4) is 11.5 Å². The third-order valence-corrected chi connectivity index (χ3v) is 2.42. The number of aromatic hydroxyl groups is 2. The zero-order chi connectivity index (χ0) is 14.4. The molecular weight excluding hydrogens is 250 g/mol. The Labute approximate surface area is 110 Å². The van der Waals surface area contributed by atoms with Crippen molar-refractivity contribution in [2.24, 2.45) is 0 Å². The van der Waals surface area contributed by atoms with Crippen molar-refractivity contribution in [1.82, 2.24) is 5.32 Å².